The van der Waals surface area contributed by atoms with E-state index in [1.807, 2.05) is 0 Å². The Kier molecular flexibility index (Phi) is 10.0. The third-order valence-electron chi connectivity index (χ3n) is 6.19. The molecule has 12 nitrogen and oxygen atoms in total. The summed E-state index contributed by atoms with van der Waals surface area (Å²) in [6.45, 7) is 1.06. The zero-order chi connectivity index (χ0) is 27.1. The molecule has 3 rings (SSSR count). The van der Waals surface area contributed by atoms with Gasteiger partial charge in [0.15, 0.2) is 6.29 Å². The van der Waals surface area contributed by atoms with Crippen molar-refractivity contribution in [1.82, 2.24) is 0 Å². The number of carbonyl (C=O) groups is 2. The Hall–Kier alpha value is -3.00. The largest absolute Gasteiger partial charge is 0.508 e. The average molecular weight is 525 g/mol. The second-order valence-corrected chi connectivity index (χ2v) is 8.55. The van der Waals surface area contributed by atoms with Crippen molar-refractivity contribution in [2.45, 2.75) is 56.8 Å². The molecule has 1 fully saturated rings. The molecule has 7 atom stereocenters. The number of hydrogen-bond acceptors (Lipinski definition) is 12. The van der Waals surface area contributed by atoms with E-state index in [1.54, 1.807) is 25.1 Å². The molecule has 0 spiro atoms. The van der Waals surface area contributed by atoms with Crippen LogP contribution in [0.5, 0.6) is 5.75 Å². The van der Waals surface area contributed by atoms with Crippen LogP contribution < -0.4 is 0 Å². The predicted molar refractivity (Wildman–Crippen MR) is 124 cm³/mol. The summed E-state index contributed by atoms with van der Waals surface area (Å²) in [5, 5.41) is 49.1. The number of benzene rings is 1. The van der Waals surface area contributed by atoms with Gasteiger partial charge in [0.05, 0.1) is 38.6 Å². The lowest BCUT2D eigenvalue weighted by atomic mass is 9.86. The van der Waals surface area contributed by atoms with Crippen LogP contribution >= 0.6 is 0 Å². The number of rotatable bonds is 9. The van der Waals surface area contributed by atoms with Gasteiger partial charge in [0.1, 0.15) is 30.2 Å². The zero-order valence-corrected chi connectivity index (χ0v) is 20.4. The molecule has 0 aliphatic carbocycles. The molecule has 2 aliphatic heterocycles. The SMILES string of the molecule is C/C=C1/C(OC2OC(CO)C(O)C(O)C2O)OC=C(C(=O)OC)[C@H]1CC(=O)OCCc1ccc(O)cc1. The molecule has 204 valence electrons. The molecular formula is C25H32O12. The monoisotopic (exact) mass is 524 g/mol. The molecule has 6 unspecified atom stereocenters. The Morgan fingerprint density at radius 2 is 1.78 bits per heavy atom. The van der Waals surface area contributed by atoms with Crippen LogP contribution in [0, 0.1) is 5.92 Å². The fourth-order valence-electron chi connectivity index (χ4n) is 4.10. The van der Waals surface area contributed by atoms with Gasteiger partial charge in [0.2, 0.25) is 6.29 Å². The van der Waals surface area contributed by atoms with E-state index >= 15 is 0 Å². The van der Waals surface area contributed by atoms with Crippen LogP contribution in [0.4, 0.5) is 0 Å². The number of hydrogen-bond donors (Lipinski definition) is 5. The number of ether oxygens (including phenoxy) is 5. The summed E-state index contributed by atoms with van der Waals surface area (Å²) in [5.74, 6) is -2.07. The summed E-state index contributed by atoms with van der Waals surface area (Å²) in [6.07, 6.45) is -6.02. The van der Waals surface area contributed by atoms with E-state index in [1.165, 1.54) is 19.2 Å². The van der Waals surface area contributed by atoms with Crippen molar-refractivity contribution in [1.29, 1.82) is 0 Å². The van der Waals surface area contributed by atoms with Gasteiger partial charge in [-0.2, -0.15) is 0 Å². The number of phenols is 1. The van der Waals surface area contributed by atoms with Crippen molar-refractivity contribution in [2.24, 2.45) is 5.92 Å². The Morgan fingerprint density at radius 3 is 2.41 bits per heavy atom. The molecule has 2 heterocycles. The lowest BCUT2D eigenvalue weighted by Gasteiger charge is -2.41. The fourth-order valence-corrected chi connectivity index (χ4v) is 4.10. The molecule has 2 aliphatic rings. The first-order valence-electron chi connectivity index (χ1n) is 11.7. The smallest absolute Gasteiger partial charge is 0.337 e. The standard InChI is InChI=1S/C25H32O12/c1-3-15-16(10-19(28)34-9-8-13-4-6-14(27)7-5-13)17(23(32)33-2)12-35-24(15)37-25-22(31)21(30)20(29)18(11-26)36-25/h3-7,12,16,18,20-22,24-27,29-31H,8-11H2,1-2H3/b15-3+/t16-,18?,20?,21?,22?,24?,25?/m0/s1. The number of aliphatic hydroxyl groups is 4. The highest BCUT2D eigenvalue weighted by atomic mass is 16.8. The van der Waals surface area contributed by atoms with Crippen molar-refractivity contribution in [3.8, 4) is 5.75 Å². The molecule has 12 heteroatoms. The highest BCUT2D eigenvalue weighted by molar-refractivity contribution is 5.90. The van der Waals surface area contributed by atoms with Crippen molar-refractivity contribution < 1.29 is 58.8 Å². The summed E-state index contributed by atoms with van der Waals surface area (Å²) >= 11 is 0. The minimum Gasteiger partial charge on any atom is -0.508 e. The number of aromatic hydroxyl groups is 1. The predicted octanol–water partition coefficient (Wildman–Crippen LogP) is -0.340. The van der Waals surface area contributed by atoms with Gasteiger partial charge in [-0.25, -0.2) is 4.79 Å². The highest BCUT2D eigenvalue weighted by Crippen LogP contribution is 2.36. The minimum atomic E-state index is -1.67. The number of allylic oxidation sites excluding steroid dienone is 1. The van der Waals surface area contributed by atoms with E-state index in [-0.39, 0.29) is 24.4 Å². The molecule has 1 aromatic carbocycles. The maximum atomic E-state index is 12.7. The van der Waals surface area contributed by atoms with E-state index < -0.39 is 61.5 Å². The molecule has 0 bridgehead atoms. The lowest BCUT2D eigenvalue weighted by Crippen LogP contribution is -2.60. The summed E-state index contributed by atoms with van der Waals surface area (Å²) in [4.78, 5) is 25.1. The first-order chi connectivity index (χ1) is 17.7. The van der Waals surface area contributed by atoms with Crippen molar-refractivity contribution >= 4 is 11.9 Å². The molecule has 0 radical (unpaired) electrons. The van der Waals surface area contributed by atoms with Gasteiger partial charge < -0.3 is 49.2 Å². The second kappa shape index (κ2) is 13.0. The van der Waals surface area contributed by atoms with Crippen LogP contribution in [0.25, 0.3) is 0 Å². The van der Waals surface area contributed by atoms with Gasteiger partial charge in [-0.15, -0.1) is 0 Å². The minimum absolute atomic E-state index is 0.0414. The third kappa shape index (κ3) is 6.86. The van der Waals surface area contributed by atoms with Gasteiger partial charge >= 0.3 is 11.9 Å². The number of methoxy groups -OCH3 is 1. The van der Waals surface area contributed by atoms with E-state index in [0.717, 1.165) is 11.8 Å². The number of phenolic OH excluding ortho intramolecular Hbond substituents is 1. The maximum absolute atomic E-state index is 12.7. The van der Waals surface area contributed by atoms with E-state index in [2.05, 4.69) is 0 Å². The molecule has 0 aromatic heterocycles. The van der Waals surface area contributed by atoms with Crippen molar-refractivity contribution in [2.75, 3.05) is 20.3 Å². The van der Waals surface area contributed by atoms with Crippen molar-refractivity contribution in [3.05, 3.63) is 53.3 Å². The van der Waals surface area contributed by atoms with Crippen LogP contribution in [0.15, 0.2) is 47.7 Å². The van der Waals surface area contributed by atoms with Crippen LogP contribution in [-0.4, -0.2) is 94.8 Å². The molecule has 1 saturated heterocycles. The zero-order valence-electron chi connectivity index (χ0n) is 20.4. The van der Waals surface area contributed by atoms with Crippen LogP contribution in [0.1, 0.15) is 18.9 Å². The van der Waals surface area contributed by atoms with Crippen LogP contribution in [0.3, 0.4) is 0 Å². The van der Waals surface area contributed by atoms with Crippen LogP contribution in [-0.2, 0) is 39.7 Å². The van der Waals surface area contributed by atoms with E-state index in [9.17, 15) is 35.1 Å². The number of esters is 2. The molecular weight excluding hydrogens is 492 g/mol. The summed E-state index contributed by atoms with van der Waals surface area (Å²) < 4.78 is 26.8. The summed E-state index contributed by atoms with van der Waals surface area (Å²) in [5.41, 5.74) is 1.23. The van der Waals surface area contributed by atoms with E-state index in [0.29, 0.717) is 12.0 Å². The van der Waals surface area contributed by atoms with Gasteiger partial charge in [-0.1, -0.05) is 18.2 Å². The average Bonchev–Trinajstić information content (AvgIpc) is 2.89. The quantitative estimate of drug-likeness (QED) is 0.210. The first kappa shape index (κ1) is 28.6. The molecule has 5 N–H and O–H groups in total. The summed E-state index contributed by atoms with van der Waals surface area (Å²) in [6, 6.07) is 6.47. The van der Waals surface area contributed by atoms with Gasteiger partial charge in [-0.05, 0) is 24.6 Å². The molecule has 0 amide bonds. The van der Waals surface area contributed by atoms with Gasteiger partial charge in [0.25, 0.3) is 0 Å². The maximum Gasteiger partial charge on any atom is 0.337 e. The molecule has 0 saturated carbocycles. The summed E-state index contributed by atoms with van der Waals surface area (Å²) in [7, 11) is 1.18. The Morgan fingerprint density at radius 1 is 1.08 bits per heavy atom. The number of carbonyl (C=O) groups excluding carboxylic acids is 2. The molecule has 37 heavy (non-hydrogen) atoms. The first-order valence-corrected chi connectivity index (χ1v) is 11.7. The van der Waals surface area contributed by atoms with Crippen molar-refractivity contribution in [3.63, 3.8) is 0 Å². The highest BCUT2D eigenvalue weighted by Gasteiger charge is 2.46. The number of aliphatic hydroxyl groups excluding tert-OH is 4. The second-order valence-electron chi connectivity index (χ2n) is 8.55. The Labute approximate surface area is 213 Å². The Bertz CT molecular complexity index is 986. The lowest BCUT2D eigenvalue weighted by molar-refractivity contribution is -0.327. The van der Waals surface area contributed by atoms with E-state index in [4.69, 9.17) is 23.7 Å². The third-order valence-corrected chi connectivity index (χ3v) is 6.19. The van der Waals surface area contributed by atoms with Gasteiger partial charge in [-0.3, -0.25) is 4.79 Å². The Balaban J connectivity index is 1.71. The topological polar surface area (TPSA) is 181 Å². The normalized spacial score (nSPS) is 30.8. The van der Waals surface area contributed by atoms with Gasteiger partial charge in [0, 0.05) is 17.9 Å². The molecule has 1 aromatic rings. The van der Waals surface area contributed by atoms with Crippen LogP contribution in [0.2, 0.25) is 0 Å². The fraction of sp³-hybridized carbons (Fsp3) is 0.520.